The SMILES string of the molecule is O=C(CC(F)(F)F)c1ccc(C2CCCCC2)cc1. The molecule has 1 saturated carbocycles. The van der Waals surface area contributed by atoms with Crippen molar-refractivity contribution in [3.63, 3.8) is 0 Å². The van der Waals surface area contributed by atoms with E-state index in [1.54, 1.807) is 12.1 Å². The first-order chi connectivity index (χ1) is 8.96. The average Bonchev–Trinajstić information content (AvgIpc) is 2.38. The summed E-state index contributed by atoms with van der Waals surface area (Å²) in [6.07, 6.45) is 0.137. The van der Waals surface area contributed by atoms with Gasteiger partial charge in [-0.1, -0.05) is 43.5 Å². The fourth-order valence-electron chi connectivity index (χ4n) is 2.66. The van der Waals surface area contributed by atoms with Gasteiger partial charge >= 0.3 is 6.18 Å². The predicted octanol–water partition coefficient (Wildman–Crippen LogP) is 4.87. The van der Waals surface area contributed by atoms with Gasteiger partial charge in [0.2, 0.25) is 0 Å². The Morgan fingerprint density at radius 1 is 1.05 bits per heavy atom. The van der Waals surface area contributed by atoms with Gasteiger partial charge in [-0.15, -0.1) is 0 Å². The van der Waals surface area contributed by atoms with Crippen LogP contribution in [-0.4, -0.2) is 12.0 Å². The zero-order valence-electron chi connectivity index (χ0n) is 10.7. The molecule has 0 saturated heterocycles. The number of benzene rings is 1. The number of hydrogen-bond acceptors (Lipinski definition) is 1. The molecule has 1 aliphatic carbocycles. The second kappa shape index (κ2) is 5.76. The van der Waals surface area contributed by atoms with E-state index in [1.165, 1.54) is 31.4 Å². The third-order valence-electron chi connectivity index (χ3n) is 3.67. The van der Waals surface area contributed by atoms with Crippen LogP contribution in [0.4, 0.5) is 13.2 Å². The van der Waals surface area contributed by atoms with Gasteiger partial charge in [0.25, 0.3) is 0 Å². The number of rotatable bonds is 3. The molecule has 0 spiro atoms. The second-order valence-corrected chi connectivity index (χ2v) is 5.17. The summed E-state index contributed by atoms with van der Waals surface area (Å²) in [6.45, 7) is 0. The molecule has 0 N–H and O–H groups in total. The lowest BCUT2D eigenvalue weighted by Gasteiger charge is -2.22. The molecule has 0 amide bonds. The molecule has 0 bridgehead atoms. The van der Waals surface area contributed by atoms with Crippen LogP contribution in [0.5, 0.6) is 0 Å². The van der Waals surface area contributed by atoms with Gasteiger partial charge in [-0.05, 0) is 24.3 Å². The van der Waals surface area contributed by atoms with Crippen LogP contribution in [-0.2, 0) is 0 Å². The molecule has 1 aromatic rings. The molecule has 0 aromatic heterocycles. The van der Waals surface area contributed by atoms with Crippen LogP contribution in [0.3, 0.4) is 0 Å². The smallest absolute Gasteiger partial charge is 0.294 e. The first-order valence-electron chi connectivity index (χ1n) is 6.65. The van der Waals surface area contributed by atoms with Crippen molar-refractivity contribution in [2.45, 2.75) is 50.6 Å². The maximum atomic E-state index is 12.1. The van der Waals surface area contributed by atoms with Crippen molar-refractivity contribution in [1.29, 1.82) is 0 Å². The summed E-state index contributed by atoms with van der Waals surface area (Å²) < 4.78 is 36.4. The van der Waals surface area contributed by atoms with Gasteiger partial charge in [-0.3, -0.25) is 4.79 Å². The van der Waals surface area contributed by atoms with Gasteiger partial charge in [0.1, 0.15) is 6.42 Å². The van der Waals surface area contributed by atoms with E-state index in [1.807, 2.05) is 0 Å². The Balaban J connectivity index is 2.03. The number of ketones is 1. The third kappa shape index (κ3) is 4.08. The van der Waals surface area contributed by atoms with E-state index < -0.39 is 18.4 Å². The van der Waals surface area contributed by atoms with Gasteiger partial charge in [-0.2, -0.15) is 13.2 Å². The first-order valence-corrected chi connectivity index (χ1v) is 6.65. The zero-order chi connectivity index (χ0) is 13.9. The standard InChI is InChI=1S/C15H17F3O/c16-15(17,18)10-14(19)13-8-6-12(7-9-13)11-4-2-1-3-5-11/h6-9,11H,1-5,10H2. The molecule has 0 atom stereocenters. The summed E-state index contributed by atoms with van der Waals surface area (Å²) in [4.78, 5) is 11.4. The minimum Gasteiger partial charge on any atom is -0.294 e. The fourth-order valence-corrected chi connectivity index (χ4v) is 2.66. The molecule has 1 nitrogen and oxygen atoms in total. The van der Waals surface area contributed by atoms with E-state index in [9.17, 15) is 18.0 Å². The normalized spacial score (nSPS) is 17.4. The topological polar surface area (TPSA) is 17.1 Å². The Morgan fingerprint density at radius 2 is 1.63 bits per heavy atom. The fraction of sp³-hybridized carbons (Fsp3) is 0.533. The molecule has 104 valence electrons. The van der Waals surface area contributed by atoms with E-state index in [2.05, 4.69) is 0 Å². The van der Waals surface area contributed by atoms with Crippen LogP contribution in [0.1, 0.15) is 60.4 Å². The van der Waals surface area contributed by atoms with Crippen LogP contribution < -0.4 is 0 Å². The van der Waals surface area contributed by atoms with E-state index in [0.717, 1.165) is 18.4 Å². The quantitative estimate of drug-likeness (QED) is 0.716. The van der Waals surface area contributed by atoms with Crippen LogP contribution in [0.25, 0.3) is 0 Å². The molecular weight excluding hydrogens is 253 g/mol. The number of hydrogen-bond donors (Lipinski definition) is 0. The second-order valence-electron chi connectivity index (χ2n) is 5.17. The third-order valence-corrected chi connectivity index (χ3v) is 3.67. The summed E-state index contributed by atoms with van der Waals surface area (Å²) in [5.41, 5.74) is 1.29. The Kier molecular flexibility index (Phi) is 4.27. The highest BCUT2D eigenvalue weighted by Gasteiger charge is 2.31. The molecule has 2 rings (SSSR count). The Labute approximate surface area is 110 Å². The Bertz CT molecular complexity index is 428. The molecule has 0 radical (unpaired) electrons. The van der Waals surface area contributed by atoms with E-state index >= 15 is 0 Å². The Morgan fingerprint density at radius 3 is 2.16 bits per heavy atom. The number of halogens is 3. The highest BCUT2D eigenvalue weighted by molar-refractivity contribution is 5.96. The first kappa shape index (κ1) is 14.1. The van der Waals surface area contributed by atoms with Crippen molar-refractivity contribution in [3.8, 4) is 0 Å². The van der Waals surface area contributed by atoms with Crippen molar-refractivity contribution >= 4 is 5.78 Å². The van der Waals surface area contributed by atoms with Crippen molar-refractivity contribution < 1.29 is 18.0 Å². The lowest BCUT2D eigenvalue weighted by molar-refractivity contribution is -0.125. The number of alkyl halides is 3. The van der Waals surface area contributed by atoms with Gasteiger partial charge in [0.15, 0.2) is 5.78 Å². The summed E-state index contributed by atoms with van der Waals surface area (Å²) >= 11 is 0. The minimum absolute atomic E-state index is 0.150. The molecule has 1 aliphatic rings. The van der Waals surface area contributed by atoms with Crippen molar-refractivity contribution in [2.75, 3.05) is 0 Å². The number of Topliss-reactive ketones (excluding diaryl/α,β-unsaturated/α-hetero) is 1. The van der Waals surface area contributed by atoms with Gasteiger partial charge < -0.3 is 0 Å². The summed E-state index contributed by atoms with van der Waals surface area (Å²) in [6, 6.07) is 6.66. The largest absolute Gasteiger partial charge is 0.396 e. The maximum Gasteiger partial charge on any atom is 0.396 e. The number of carbonyl (C=O) groups excluding carboxylic acids is 1. The summed E-state index contributed by atoms with van der Waals surface area (Å²) in [5.74, 6) is -0.358. The molecule has 1 fully saturated rings. The van der Waals surface area contributed by atoms with Gasteiger partial charge in [-0.25, -0.2) is 0 Å². The lowest BCUT2D eigenvalue weighted by Crippen LogP contribution is -2.15. The van der Waals surface area contributed by atoms with Crippen LogP contribution in [0.15, 0.2) is 24.3 Å². The van der Waals surface area contributed by atoms with Crippen LogP contribution >= 0.6 is 0 Å². The zero-order valence-corrected chi connectivity index (χ0v) is 10.7. The van der Waals surface area contributed by atoms with Gasteiger partial charge in [0, 0.05) is 5.56 Å². The Hall–Kier alpha value is -1.32. The molecule has 4 heteroatoms. The average molecular weight is 270 g/mol. The molecule has 0 heterocycles. The molecule has 0 unspecified atom stereocenters. The number of carbonyl (C=O) groups is 1. The molecule has 0 aliphatic heterocycles. The lowest BCUT2D eigenvalue weighted by atomic mass is 9.84. The molecule has 19 heavy (non-hydrogen) atoms. The van der Waals surface area contributed by atoms with Crippen molar-refractivity contribution in [2.24, 2.45) is 0 Å². The van der Waals surface area contributed by atoms with Crippen molar-refractivity contribution in [1.82, 2.24) is 0 Å². The van der Waals surface area contributed by atoms with Gasteiger partial charge in [0.05, 0.1) is 0 Å². The van der Waals surface area contributed by atoms with E-state index in [0.29, 0.717) is 5.92 Å². The molecule has 1 aromatic carbocycles. The van der Waals surface area contributed by atoms with Crippen molar-refractivity contribution in [3.05, 3.63) is 35.4 Å². The van der Waals surface area contributed by atoms with E-state index in [-0.39, 0.29) is 5.56 Å². The summed E-state index contributed by atoms with van der Waals surface area (Å²) in [5, 5.41) is 0. The maximum absolute atomic E-state index is 12.1. The highest BCUT2D eigenvalue weighted by Crippen LogP contribution is 2.32. The predicted molar refractivity (Wildman–Crippen MR) is 67.3 cm³/mol. The molecular formula is C15H17F3O. The highest BCUT2D eigenvalue weighted by atomic mass is 19.4. The summed E-state index contributed by atoms with van der Waals surface area (Å²) in [7, 11) is 0. The minimum atomic E-state index is -4.43. The van der Waals surface area contributed by atoms with Crippen LogP contribution in [0, 0.1) is 0 Å². The van der Waals surface area contributed by atoms with Crippen LogP contribution in [0.2, 0.25) is 0 Å². The monoisotopic (exact) mass is 270 g/mol. The van der Waals surface area contributed by atoms with E-state index in [4.69, 9.17) is 0 Å².